The number of rotatable bonds is 3. The molecule has 0 saturated carbocycles. The summed E-state index contributed by atoms with van der Waals surface area (Å²) in [5.74, 6) is 9.62. The van der Waals surface area contributed by atoms with E-state index >= 15 is 0 Å². The summed E-state index contributed by atoms with van der Waals surface area (Å²) in [6.07, 6.45) is 2.61. The Hall–Kier alpha value is -1.48. The SMILES string of the molecule is C[Si](C)(C)C#Cc1ccccc1C#CCCCCO. The van der Waals surface area contributed by atoms with Crippen molar-refractivity contribution in [2.75, 3.05) is 6.61 Å². The zero-order valence-corrected chi connectivity index (χ0v) is 13.1. The van der Waals surface area contributed by atoms with E-state index in [2.05, 4.69) is 42.9 Å². The molecule has 1 nitrogen and oxygen atoms in total. The van der Waals surface area contributed by atoms with Crippen LogP contribution in [0.5, 0.6) is 0 Å². The fourth-order valence-electron chi connectivity index (χ4n) is 1.44. The van der Waals surface area contributed by atoms with Crippen LogP contribution in [0.4, 0.5) is 0 Å². The van der Waals surface area contributed by atoms with E-state index in [0.717, 1.165) is 30.4 Å². The monoisotopic (exact) mass is 270 g/mol. The molecule has 2 heteroatoms. The van der Waals surface area contributed by atoms with Crippen molar-refractivity contribution in [1.82, 2.24) is 0 Å². The van der Waals surface area contributed by atoms with Crippen molar-refractivity contribution >= 4 is 8.07 Å². The highest BCUT2D eigenvalue weighted by Crippen LogP contribution is 2.07. The Labute approximate surface area is 118 Å². The zero-order valence-electron chi connectivity index (χ0n) is 12.1. The van der Waals surface area contributed by atoms with Gasteiger partial charge in [-0.3, -0.25) is 0 Å². The summed E-state index contributed by atoms with van der Waals surface area (Å²) in [4.78, 5) is 0. The molecule has 0 aliphatic heterocycles. The van der Waals surface area contributed by atoms with Gasteiger partial charge in [-0.1, -0.05) is 49.5 Å². The molecule has 0 aliphatic rings. The third-order valence-corrected chi connectivity index (χ3v) is 3.31. The molecule has 1 N–H and O–H groups in total. The van der Waals surface area contributed by atoms with Crippen LogP contribution in [0.3, 0.4) is 0 Å². The Morgan fingerprint density at radius 3 is 2.21 bits per heavy atom. The fourth-order valence-corrected chi connectivity index (χ4v) is 1.95. The average molecular weight is 270 g/mol. The van der Waals surface area contributed by atoms with Crippen LogP contribution in [-0.2, 0) is 0 Å². The maximum Gasteiger partial charge on any atom is 0.129 e. The summed E-state index contributed by atoms with van der Waals surface area (Å²) in [5, 5.41) is 8.71. The van der Waals surface area contributed by atoms with Gasteiger partial charge in [0.1, 0.15) is 8.07 Å². The van der Waals surface area contributed by atoms with Crippen LogP contribution in [0.15, 0.2) is 24.3 Å². The summed E-state index contributed by atoms with van der Waals surface area (Å²) >= 11 is 0. The first-order chi connectivity index (χ1) is 9.03. The van der Waals surface area contributed by atoms with E-state index < -0.39 is 8.07 Å². The van der Waals surface area contributed by atoms with E-state index in [0.29, 0.717) is 0 Å². The van der Waals surface area contributed by atoms with Gasteiger partial charge in [0.2, 0.25) is 0 Å². The topological polar surface area (TPSA) is 20.2 Å². The van der Waals surface area contributed by atoms with Gasteiger partial charge < -0.3 is 5.11 Å². The van der Waals surface area contributed by atoms with Gasteiger partial charge in [0, 0.05) is 24.2 Å². The number of aliphatic hydroxyl groups is 1. The summed E-state index contributed by atoms with van der Waals surface area (Å²) in [7, 11) is -1.35. The van der Waals surface area contributed by atoms with E-state index in [4.69, 9.17) is 5.11 Å². The van der Waals surface area contributed by atoms with Gasteiger partial charge in [-0.15, -0.1) is 5.54 Å². The Morgan fingerprint density at radius 1 is 1.00 bits per heavy atom. The standard InChI is InChI=1S/C17H22OSi/c1-19(2,3)15-13-17-12-8-7-11-16(17)10-6-4-5-9-14-18/h7-8,11-12,18H,4-5,9,14H2,1-3H3. The van der Waals surface area contributed by atoms with Crippen LogP contribution in [0, 0.1) is 23.3 Å². The third kappa shape index (κ3) is 6.87. The predicted octanol–water partition coefficient (Wildman–Crippen LogP) is 3.43. The van der Waals surface area contributed by atoms with Crippen LogP contribution in [0.2, 0.25) is 19.6 Å². The second-order valence-electron chi connectivity index (χ2n) is 5.53. The van der Waals surface area contributed by atoms with Crippen molar-refractivity contribution in [3.8, 4) is 23.3 Å². The van der Waals surface area contributed by atoms with Crippen LogP contribution in [0.25, 0.3) is 0 Å². The lowest BCUT2D eigenvalue weighted by molar-refractivity contribution is 0.285. The molecule has 1 aromatic rings. The molecule has 0 bridgehead atoms. The third-order valence-electron chi connectivity index (χ3n) is 2.43. The van der Waals surface area contributed by atoms with Crippen LogP contribution < -0.4 is 0 Å². The summed E-state index contributed by atoms with van der Waals surface area (Å²) in [6.45, 7) is 6.97. The highest BCUT2D eigenvalue weighted by atomic mass is 28.3. The first-order valence-corrected chi connectivity index (χ1v) is 10.2. The second kappa shape index (κ2) is 7.84. The van der Waals surface area contributed by atoms with Gasteiger partial charge in [0.15, 0.2) is 0 Å². The first kappa shape index (κ1) is 15.6. The fraction of sp³-hybridized carbons (Fsp3) is 0.412. The Balaban J connectivity index is 2.81. The lowest BCUT2D eigenvalue weighted by atomic mass is 10.1. The van der Waals surface area contributed by atoms with Crippen molar-refractivity contribution in [1.29, 1.82) is 0 Å². The average Bonchev–Trinajstić information content (AvgIpc) is 2.36. The molecule has 0 heterocycles. The van der Waals surface area contributed by atoms with Gasteiger partial charge in [-0.05, 0) is 25.0 Å². The molecule has 0 unspecified atom stereocenters. The molecule has 1 aromatic carbocycles. The van der Waals surface area contributed by atoms with Gasteiger partial charge >= 0.3 is 0 Å². The maximum atomic E-state index is 8.71. The molecule has 0 spiro atoms. The van der Waals surface area contributed by atoms with E-state index in [1.807, 2.05) is 24.3 Å². The van der Waals surface area contributed by atoms with Crippen molar-refractivity contribution in [3.63, 3.8) is 0 Å². The van der Waals surface area contributed by atoms with Gasteiger partial charge in [-0.2, -0.15) is 0 Å². The van der Waals surface area contributed by atoms with Crippen molar-refractivity contribution in [2.24, 2.45) is 0 Å². The van der Waals surface area contributed by atoms with Crippen molar-refractivity contribution in [3.05, 3.63) is 35.4 Å². The van der Waals surface area contributed by atoms with Gasteiger partial charge in [0.25, 0.3) is 0 Å². The van der Waals surface area contributed by atoms with E-state index in [1.165, 1.54) is 0 Å². The van der Waals surface area contributed by atoms with E-state index in [9.17, 15) is 0 Å². The lowest BCUT2D eigenvalue weighted by Crippen LogP contribution is -2.16. The van der Waals surface area contributed by atoms with E-state index in [-0.39, 0.29) is 6.61 Å². The summed E-state index contributed by atoms with van der Waals surface area (Å²) in [6, 6.07) is 8.06. The highest BCUT2D eigenvalue weighted by molar-refractivity contribution is 6.83. The van der Waals surface area contributed by atoms with E-state index in [1.54, 1.807) is 0 Å². The molecule has 0 amide bonds. The minimum absolute atomic E-state index is 0.250. The first-order valence-electron chi connectivity index (χ1n) is 6.75. The van der Waals surface area contributed by atoms with Crippen molar-refractivity contribution in [2.45, 2.75) is 38.9 Å². The Bertz CT molecular complexity index is 518. The molecule has 0 atom stereocenters. The maximum absolute atomic E-state index is 8.71. The van der Waals surface area contributed by atoms with Crippen LogP contribution >= 0.6 is 0 Å². The Morgan fingerprint density at radius 2 is 1.63 bits per heavy atom. The molecular weight excluding hydrogens is 248 g/mol. The minimum Gasteiger partial charge on any atom is -0.396 e. The van der Waals surface area contributed by atoms with Crippen molar-refractivity contribution < 1.29 is 5.11 Å². The molecule has 19 heavy (non-hydrogen) atoms. The predicted molar refractivity (Wildman–Crippen MR) is 84.5 cm³/mol. The summed E-state index contributed by atoms with van der Waals surface area (Å²) in [5.41, 5.74) is 5.42. The highest BCUT2D eigenvalue weighted by Gasteiger charge is 2.07. The molecule has 0 fully saturated rings. The molecule has 1 rings (SSSR count). The second-order valence-corrected chi connectivity index (χ2v) is 10.3. The number of benzene rings is 1. The Kier molecular flexibility index (Phi) is 6.43. The minimum atomic E-state index is -1.35. The smallest absolute Gasteiger partial charge is 0.129 e. The number of hydrogen-bond donors (Lipinski definition) is 1. The number of hydrogen-bond acceptors (Lipinski definition) is 1. The number of unbranched alkanes of at least 4 members (excludes halogenated alkanes) is 2. The normalized spacial score (nSPS) is 10.1. The van der Waals surface area contributed by atoms with Crippen LogP contribution in [-0.4, -0.2) is 19.8 Å². The largest absolute Gasteiger partial charge is 0.396 e. The quantitative estimate of drug-likeness (QED) is 0.507. The molecule has 0 aromatic heterocycles. The summed E-state index contributed by atoms with van der Waals surface area (Å²) < 4.78 is 0. The zero-order chi connectivity index (χ0) is 14.1. The van der Waals surface area contributed by atoms with Crippen LogP contribution in [0.1, 0.15) is 30.4 Å². The molecular formula is C17H22OSi. The molecule has 100 valence electrons. The molecule has 0 aliphatic carbocycles. The van der Waals surface area contributed by atoms with Gasteiger partial charge in [-0.25, -0.2) is 0 Å². The number of aliphatic hydroxyl groups excluding tert-OH is 1. The molecule has 0 saturated heterocycles. The van der Waals surface area contributed by atoms with Gasteiger partial charge in [0.05, 0.1) is 0 Å². The lowest BCUT2D eigenvalue weighted by Gasteiger charge is -2.03. The molecule has 0 radical (unpaired) electrons.